The van der Waals surface area contributed by atoms with Gasteiger partial charge in [0, 0.05) is 48.0 Å². The van der Waals surface area contributed by atoms with E-state index in [0.717, 1.165) is 34.1 Å². The number of aromatic nitrogens is 2. The first kappa shape index (κ1) is 29.4. The number of sulfonamides is 1. The Balaban J connectivity index is 0.000000223. The van der Waals surface area contributed by atoms with Gasteiger partial charge in [0.1, 0.15) is 12.1 Å². The second-order valence-corrected chi connectivity index (χ2v) is 11.0. The lowest BCUT2D eigenvalue weighted by Crippen LogP contribution is -2.24. The van der Waals surface area contributed by atoms with Crippen LogP contribution in [0.4, 0.5) is 0 Å². The Hall–Kier alpha value is -4.12. The van der Waals surface area contributed by atoms with Crippen molar-refractivity contribution < 1.29 is 13.2 Å². The molecule has 0 unspecified atom stereocenters. The molecule has 0 spiro atoms. The van der Waals surface area contributed by atoms with Crippen molar-refractivity contribution in [3.05, 3.63) is 106 Å². The SMILES string of the molecule is CCS(=O)(=O)NCc1cncc(-c2ccc(C#N)c(Cl)c2)c1.N#Cc1ccc(-c2cncc(C=O)c2)cc1Cl. The van der Waals surface area contributed by atoms with Gasteiger partial charge in [0.05, 0.1) is 26.9 Å². The third-order valence-electron chi connectivity index (χ3n) is 5.41. The van der Waals surface area contributed by atoms with Gasteiger partial charge >= 0.3 is 0 Å². The van der Waals surface area contributed by atoms with Crippen molar-refractivity contribution in [3.8, 4) is 34.4 Å². The van der Waals surface area contributed by atoms with E-state index < -0.39 is 10.0 Å². The number of carbonyl (C=O) groups is 1. The number of nitrogens with one attached hydrogen (secondary N) is 1. The number of nitrogens with zero attached hydrogens (tertiary/aromatic N) is 4. The molecule has 0 radical (unpaired) electrons. The number of halogens is 2. The Kier molecular flexibility index (Phi) is 10.3. The summed E-state index contributed by atoms with van der Waals surface area (Å²) in [4.78, 5) is 18.7. The zero-order chi connectivity index (χ0) is 28.4. The Morgan fingerprint density at radius 1 is 0.821 bits per heavy atom. The van der Waals surface area contributed by atoms with Crippen LogP contribution in [0.25, 0.3) is 22.3 Å². The lowest BCUT2D eigenvalue weighted by Gasteiger charge is -2.07. The molecule has 11 heteroatoms. The molecule has 1 N–H and O–H groups in total. The third-order valence-corrected chi connectivity index (χ3v) is 7.38. The van der Waals surface area contributed by atoms with E-state index >= 15 is 0 Å². The minimum Gasteiger partial charge on any atom is -0.298 e. The Bertz CT molecular complexity index is 1700. The molecule has 8 nitrogen and oxygen atoms in total. The number of aldehydes is 1. The lowest BCUT2D eigenvalue weighted by molar-refractivity contribution is 0.112. The second kappa shape index (κ2) is 13.6. The fourth-order valence-electron chi connectivity index (χ4n) is 3.29. The molecular formula is C28H21Cl2N5O3S. The summed E-state index contributed by atoms with van der Waals surface area (Å²) in [6.45, 7) is 1.76. The highest BCUT2D eigenvalue weighted by molar-refractivity contribution is 7.89. The molecule has 0 aliphatic heterocycles. The van der Waals surface area contributed by atoms with Gasteiger partial charge in [-0.3, -0.25) is 14.8 Å². The first-order valence-corrected chi connectivity index (χ1v) is 13.8. The minimum absolute atomic E-state index is 0.0331. The normalized spacial score (nSPS) is 10.5. The average molecular weight is 578 g/mol. The van der Waals surface area contributed by atoms with Crippen molar-refractivity contribution in [1.82, 2.24) is 14.7 Å². The average Bonchev–Trinajstić information content (AvgIpc) is 2.96. The summed E-state index contributed by atoms with van der Waals surface area (Å²) in [5, 5.41) is 18.4. The number of carbonyl (C=O) groups excluding carboxylic acids is 1. The van der Waals surface area contributed by atoms with Gasteiger partial charge in [-0.1, -0.05) is 35.3 Å². The fraction of sp³-hybridized carbons (Fsp3) is 0.107. The molecule has 4 aromatic rings. The summed E-state index contributed by atoms with van der Waals surface area (Å²) >= 11 is 12.0. The van der Waals surface area contributed by atoms with Gasteiger partial charge in [-0.15, -0.1) is 0 Å². The highest BCUT2D eigenvalue weighted by atomic mass is 35.5. The topological polar surface area (TPSA) is 137 Å². The number of benzene rings is 2. The zero-order valence-electron chi connectivity index (χ0n) is 20.6. The van der Waals surface area contributed by atoms with Crippen LogP contribution < -0.4 is 4.72 Å². The van der Waals surface area contributed by atoms with Gasteiger partial charge in [-0.25, -0.2) is 13.1 Å². The number of hydrogen-bond acceptors (Lipinski definition) is 7. The van der Waals surface area contributed by atoms with E-state index in [1.165, 1.54) is 6.20 Å². The maximum absolute atomic E-state index is 11.5. The van der Waals surface area contributed by atoms with Crippen LogP contribution >= 0.6 is 23.2 Å². The molecule has 4 rings (SSSR count). The number of hydrogen-bond donors (Lipinski definition) is 1. The first-order chi connectivity index (χ1) is 18.7. The molecule has 0 bridgehead atoms. The standard InChI is InChI=1S/C15H14ClN3O2S.C13H7ClN2O/c1-2-22(20,21)19-9-11-5-14(10-18-8-11)12-3-4-13(7-17)15(16)6-12;14-13-4-10(1-2-11(13)5-15)12-3-9(8-17)6-16-7-12/h3-6,8,10,19H,2,9H2,1H3;1-4,6-8H. The largest absolute Gasteiger partial charge is 0.298 e. The van der Waals surface area contributed by atoms with Crippen molar-refractivity contribution in [2.75, 3.05) is 5.75 Å². The molecule has 0 aliphatic rings. The molecule has 0 amide bonds. The van der Waals surface area contributed by atoms with Gasteiger partial charge < -0.3 is 0 Å². The zero-order valence-corrected chi connectivity index (χ0v) is 22.9. The summed E-state index contributed by atoms with van der Waals surface area (Å²) in [6, 6.07) is 17.8. The van der Waals surface area contributed by atoms with Crippen LogP contribution in [0.15, 0.2) is 73.3 Å². The summed E-state index contributed by atoms with van der Waals surface area (Å²) in [7, 11) is -3.25. The Labute approximate surface area is 236 Å². The molecule has 2 aromatic carbocycles. The van der Waals surface area contributed by atoms with Crippen molar-refractivity contribution in [2.45, 2.75) is 13.5 Å². The Morgan fingerprint density at radius 2 is 1.36 bits per heavy atom. The number of rotatable bonds is 7. The van der Waals surface area contributed by atoms with Crippen molar-refractivity contribution in [3.63, 3.8) is 0 Å². The molecule has 0 saturated carbocycles. The monoisotopic (exact) mass is 577 g/mol. The van der Waals surface area contributed by atoms with E-state index in [-0.39, 0.29) is 12.3 Å². The third kappa shape index (κ3) is 8.18. The quantitative estimate of drug-likeness (QED) is 0.274. The summed E-state index contributed by atoms with van der Waals surface area (Å²) in [6.07, 6.45) is 7.14. The first-order valence-electron chi connectivity index (χ1n) is 11.4. The van der Waals surface area contributed by atoms with Crippen LogP contribution in [0, 0.1) is 22.7 Å². The summed E-state index contributed by atoms with van der Waals surface area (Å²) in [5.74, 6) is 0.0331. The van der Waals surface area contributed by atoms with Gasteiger partial charge in [0.15, 0.2) is 6.29 Å². The molecule has 39 heavy (non-hydrogen) atoms. The van der Waals surface area contributed by atoms with Gasteiger partial charge in [-0.05, 0) is 60.0 Å². The molecule has 0 fully saturated rings. The predicted octanol–water partition coefficient (Wildman–Crippen LogP) is 5.80. The van der Waals surface area contributed by atoms with E-state index in [0.29, 0.717) is 26.7 Å². The molecule has 0 saturated heterocycles. The van der Waals surface area contributed by atoms with Crippen LogP contribution in [-0.2, 0) is 16.6 Å². The Morgan fingerprint density at radius 3 is 1.85 bits per heavy atom. The molecule has 2 heterocycles. The van der Waals surface area contributed by atoms with Crippen molar-refractivity contribution >= 4 is 39.5 Å². The van der Waals surface area contributed by atoms with Crippen molar-refractivity contribution in [2.24, 2.45) is 0 Å². The minimum atomic E-state index is -3.25. The van der Waals surface area contributed by atoms with Crippen LogP contribution in [0.2, 0.25) is 10.0 Å². The predicted molar refractivity (Wildman–Crippen MR) is 150 cm³/mol. The number of pyridine rings is 2. The highest BCUT2D eigenvalue weighted by Gasteiger charge is 2.08. The van der Waals surface area contributed by atoms with Crippen molar-refractivity contribution in [1.29, 1.82) is 10.5 Å². The number of nitriles is 2. The van der Waals surface area contributed by atoms with Gasteiger partial charge in [0.2, 0.25) is 10.0 Å². The van der Waals surface area contributed by atoms with E-state index in [1.54, 1.807) is 68.0 Å². The van der Waals surface area contributed by atoms with E-state index in [2.05, 4.69) is 14.7 Å². The lowest BCUT2D eigenvalue weighted by atomic mass is 10.0. The van der Waals surface area contributed by atoms with E-state index in [1.807, 2.05) is 18.2 Å². The van der Waals surface area contributed by atoms with Gasteiger partial charge in [-0.2, -0.15) is 10.5 Å². The van der Waals surface area contributed by atoms with Crippen LogP contribution in [0.1, 0.15) is 34.0 Å². The summed E-state index contributed by atoms with van der Waals surface area (Å²) < 4.78 is 25.4. The second-order valence-electron chi connectivity index (χ2n) is 8.04. The molecule has 196 valence electrons. The molecule has 2 aromatic heterocycles. The smallest absolute Gasteiger partial charge is 0.211 e. The fourth-order valence-corrected chi connectivity index (χ4v) is 4.32. The van der Waals surface area contributed by atoms with Crippen LogP contribution in [0.5, 0.6) is 0 Å². The molecule has 0 atom stereocenters. The molecule has 0 aliphatic carbocycles. The molecular weight excluding hydrogens is 557 g/mol. The van der Waals surface area contributed by atoms with Crippen LogP contribution in [-0.4, -0.2) is 30.4 Å². The van der Waals surface area contributed by atoms with Crippen LogP contribution in [0.3, 0.4) is 0 Å². The van der Waals surface area contributed by atoms with E-state index in [9.17, 15) is 13.2 Å². The maximum Gasteiger partial charge on any atom is 0.211 e. The summed E-state index contributed by atoms with van der Waals surface area (Å²) in [5.41, 5.74) is 5.32. The maximum atomic E-state index is 11.5. The highest BCUT2D eigenvalue weighted by Crippen LogP contribution is 2.26. The van der Waals surface area contributed by atoms with Gasteiger partial charge in [0.25, 0.3) is 0 Å². The van der Waals surface area contributed by atoms with E-state index in [4.69, 9.17) is 33.7 Å².